The number of nitrogens with zero attached hydrogens (tertiary/aromatic N) is 2. The van der Waals surface area contributed by atoms with Gasteiger partial charge in [-0.2, -0.15) is 5.10 Å². The van der Waals surface area contributed by atoms with Crippen LogP contribution in [0.4, 0.5) is 5.69 Å². The lowest BCUT2D eigenvalue weighted by Gasteiger charge is -2.10. The Labute approximate surface area is 210 Å². The number of benzene rings is 2. The molecule has 6 nitrogen and oxygen atoms in total. The molecule has 1 atom stereocenters. The summed E-state index contributed by atoms with van der Waals surface area (Å²) >= 11 is 5.98. The van der Waals surface area contributed by atoms with Crippen molar-refractivity contribution in [3.63, 3.8) is 0 Å². The van der Waals surface area contributed by atoms with Crippen LogP contribution in [0.3, 0.4) is 0 Å². The highest BCUT2D eigenvalue weighted by Gasteiger charge is 2.18. The number of nitrogens with one attached hydrogen (secondary N) is 1. The minimum atomic E-state index is -0.327. The molecule has 1 N–H and O–H groups in total. The van der Waals surface area contributed by atoms with Crippen LogP contribution in [0.2, 0.25) is 5.02 Å². The number of carbonyl (C=O) groups is 1. The Bertz CT molecular complexity index is 1290. The SMILES string of the molecule is CCC(C)c1ccc(OCc2ccc(C(=O)Nc3c(C)nn(Cc4ccc(Cl)cc4)c3C)o2)cc1. The predicted molar refractivity (Wildman–Crippen MR) is 138 cm³/mol. The van der Waals surface area contributed by atoms with Gasteiger partial charge >= 0.3 is 0 Å². The summed E-state index contributed by atoms with van der Waals surface area (Å²) in [4.78, 5) is 12.8. The summed E-state index contributed by atoms with van der Waals surface area (Å²) in [5, 5.41) is 8.22. The maximum atomic E-state index is 12.8. The maximum absolute atomic E-state index is 12.8. The normalized spacial score (nSPS) is 11.9. The Morgan fingerprint density at radius 2 is 1.80 bits per heavy atom. The number of hydrogen-bond acceptors (Lipinski definition) is 4. The molecule has 2 aromatic carbocycles. The third-order valence-electron chi connectivity index (χ3n) is 6.19. The molecule has 0 aliphatic rings. The summed E-state index contributed by atoms with van der Waals surface area (Å²) in [7, 11) is 0. The molecular weight excluding hydrogens is 462 g/mol. The van der Waals surface area contributed by atoms with Gasteiger partial charge in [-0.3, -0.25) is 9.48 Å². The van der Waals surface area contributed by atoms with Crippen molar-refractivity contribution in [1.29, 1.82) is 0 Å². The van der Waals surface area contributed by atoms with Crippen LogP contribution in [0, 0.1) is 13.8 Å². The first-order valence-corrected chi connectivity index (χ1v) is 12.1. The first-order chi connectivity index (χ1) is 16.8. The van der Waals surface area contributed by atoms with Crippen molar-refractivity contribution in [2.24, 2.45) is 0 Å². The van der Waals surface area contributed by atoms with E-state index in [1.54, 1.807) is 12.1 Å². The van der Waals surface area contributed by atoms with Crippen molar-refractivity contribution in [3.05, 3.63) is 99.7 Å². The van der Waals surface area contributed by atoms with Gasteiger partial charge in [0.25, 0.3) is 5.91 Å². The highest BCUT2D eigenvalue weighted by molar-refractivity contribution is 6.30. The fourth-order valence-corrected chi connectivity index (χ4v) is 3.96. The molecule has 0 aliphatic carbocycles. The minimum absolute atomic E-state index is 0.222. The fourth-order valence-electron chi connectivity index (χ4n) is 3.83. The quantitative estimate of drug-likeness (QED) is 0.270. The molecule has 2 heterocycles. The largest absolute Gasteiger partial charge is 0.486 e. The van der Waals surface area contributed by atoms with Crippen molar-refractivity contribution in [3.8, 4) is 5.75 Å². The van der Waals surface area contributed by atoms with Gasteiger partial charge in [0.15, 0.2) is 5.76 Å². The average Bonchev–Trinajstić information content (AvgIpc) is 3.44. The van der Waals surface area contributed by atoms with Crippen molar-refractivity contribution < 1.29 is 13.9 Å². The van der Waals surface area contributed by atoms with E-state index < -0.39 is 0 Å². The molecule has 182 valence electrons. The van der Waals surface area contributed by atoms with Crippen LogP contribution in [-0.4, -0.2) is 15.7 Å². The third-order valence-corrected chi connectivity index (χ3v) is 6.45. The van der Waals surface area contributed by atoms with E-state index in [2.05, 4.69) is 36.4 Å². The molecule has 0 saturated heterocycles. The second-order valence-electron chi connectivity index (χ2n) is 8.72. The molecule has 0 saturated carbocycles. The summed E-state index contributed by atoms with van der Waals surface area (Å²) in [5.74, 6) is 1.75. The Balaban J connectivity index is 1.37. The van der Waals surface area contributed by atoms with E-state index in [0.717, 1.165) is 29.1 Å². The van der Waals surface area contributed by atoms with E-state index in [1.165, 1.54) is 5.56 Å². The van der Waals surface area contributed by atoms with E-state index in [1.807, 2.05) is 54.9 Å². The number of rotatable bonds is 9. The smallest absolute Gasteiger partial charge is 0.291 e. The van der Waals surface area contributed by atoms with Gasteiger partial charge < -0.3 is 14.5 Å². The van der Waals surface area contributed by atoms with Crippen LogP contribution in [0.15, 0.2) is 65.1 Å². The number of halogens is 1. The Morgan fingerprint density at radius 1 is 1.09 bits per heavy atom. The van der Waals surface area contributed by atoms with Crippen LogP contribution < -0.4 is 10.1 Å². The highest BCUT2D eigenvalue weighted by atomic mass is 35.5. The van der Waals surface area contributed by atoms with Crippen LogP contribution in [-0.2, 0) is 13.2 Å². The van der Waals surface area contributed by atoms with Gasteiger partial charge in [-0.15, -0.1) is 0 Å². The molecule has 1 amide bonds. The van der Waals surface area contributed by atoms with Crippen molar-refractivity contribution in [2.45, 2.75) is 53.2 Å². The minimum Gasteiger partial charge on any atom is -0.486 e. The summed E-state index contributed by atoms with van der Waals surface area (Å²) in [6, 6.07) is 19.1. The number of hydrogen-bond donors (Lipinski definition) is 1. The van der Waals surface area contributed by atoms with Gasteiger partial charge in [-0.25, -0.2) is 0 Å². The summed E-state index contributed by atoms with van der Waals surface area (Å²) in [5.41, 5.74) is 4.64. The zero-order valence-corrected chi connectivity index (χ0v) is 21.2. The molecule has 0 radical (unpaired) electrons. The van der Waals surface area contributed by atoms with Gasteiger partial charge in [0, 0.05) is 5.02 Å². The molecule has 4 aromatic rings. The fraction of sp³-hybridized carbons (Fsp3) is 0.286. The number of carbonyl (C=O) groups excluding carboxylic acids is 1. The molecule has 0 aliphatic heterocycles. The lowest BCUT2D eigenvalue weighted by atomic mass is 9.99. The number of ether oxygens (including phenoxy) is 1. The van der Waals surface area contributed by atoms with E-state index in [4.69, 9.17) is 20.8 Å². The standard InChI is InChI=1S/C28H30ClN3O3/c1-5-18(2)22-8-12-24(13-9-22)34-17-25-14-15-26(35-25)28(33)30-27-19(3)31-32(20(27)4)16-21-6-10-23(29)11-7-21/h6-15,18H,5,16-17H2,1-4H3,(H,30,33). The van der Waals surface area contributed by atoms with Crippen LogP contribution in [0.5, 0.6) is 5.75 Å². The molecule has 0 bridgehead atoms. The van der Waals surface area contributed by atoms with Crippen molar-refractivity contribution >= 4 is 23.2 Å². The highest BCUT2D eigenvalue weighted by Crippen LogP contribution is 2.24. The van der Waals surface area contributed by atoms with Gasteiger partial charge in [-0.05, 0) is 73.7 Å². The molecule has 35 heavy (non-hydrogen) atoms. The van der Waals surface area contributed by atoms with Gasteiger partial charge in [0.05, 0.1) is 23.6 Å². The van der Waals surface area contributed by atoms with Gasteiger partial charge in [0.2, 0.25) is 0 Å². The van der Waals surface area contributed by atoms with Crippen LogP contribution >= 0.6 is 11.6 Å². The van der Waals surface area contributed by atoms with E-state index in [9.17, 15) is 4.79 Å². The van der Waals surface area contributed by atoms with Crippen LogP contribution in [0.25, 0.3) is 0 Å². The number of aryl methyl sites for hydroxylation is 1. The molecular formula is C28H30ClN3O3. The molecule has 0 spiro atoms. The van der Waals surface area contributed by atoms with Crippen molar-refractivity contribution in [2.75, 3.05) is 5.32 Å². The summed E-state index contributed by atoms with van der Waals surface area (Å²) in [6.07, 6.45) is 1.10. The van der Waals surface area contributed by atoms with Crippen molar-refractivity contribution in [1.82, 2.24) is 9.78 Å². The third kappa shape index (κ3) is 5.95. The molecule has 1 unspecified atom stereocenters. The zero-order valence-electron chi connectivity index (χ0n) is 20.5. The second kappa shape index (κ2) is 10.8. The average molecular weight is 492 g/mol. The van der Waals surface area contributed by atoms with E-state index >= 15 is 0 Å². The topological polar surface area (TPSA) is 69.3 Å². The Morgan fingerprint density at radius 3 is 2.49 bits per heavy atom. The maximum Gasteiger partial charge on any atom is 0.291 e. The Kier molecular flexibility index (Phi) is 7.61. The predicted octanol–water partition coefficient (Wildman–Crippen LogP) is 7.14. The van der Waals surface area contributed by atoms with Gasteiger partial charge in [-0.1, -0.05) is 49.7 Å². The molecule has 0 fully saturated rings. The summed E-state index contributed by atoms with van der Waals surface area (Å²) in [6.45, 7) is 9.01. The molecule has 2 aromatic heterocycles. The lowest BCUT2D eigenvalue weighted by Crippen LogP contribution is -2.12. The lowest BCUT2D eigenvalue weighted by molar-refractivity contribution is 0.0992. The van der Waals surface area contributed by atoms with Gasteiger partial charge in [0.1, 0.15) is 18.1 Å². The monoisotopic (exact) mass is 491 g/mol. The molecule has 7 heteroatoms. The Hall–Kier alpha value is -3.51. The first-order valence-electron chi connectivity index (χ1n) is 11.7. The number of furan rings is 1. The second-order valence-corrected chi connectivity index (χ2v) is 9.15. The first kappa shape index (κ1) is 24.6. The number of aromatic nitrogens is 2. The zero-order chi connectivity index (χ0) is 24.9. The number of anilines is 1. The summed E-state index contributed by atoms with van der Waals surface area (Å²) < 4.78 is 13.4. The number of amides is 1. The molecule has 4 rings (SSSR count). The van der Waals surface area contributed by atoms with E-state index in [-0.39, 0.29) is 18.3 Å². The van der Waals surface area contributed by atoms with Crippen LogP contribution in [0.1, 0.15) is 65.0 Å². The van der Waals surface area contributed by atoms with E-state index in [0.29, 0.717) is 28.9 Å².